The van der Waals surface area contributed by atoms with Crippen molar-refractivity contribution in [3.05, 3.63) is 59.9 Å². The number of alkyl halides is 2. The number of rotatable bonds is 5. The second-order valence-electron chi connectivity index (χ2n) is 6.99. The summed E-state index contributed by atoms with van der Waals surface area (Å²) in [5.41, 5.74) is 6.98. The summed E-state index contributed by atoms with van der Waals surface area (Å²) in [4.78, 5) is 25.5. The van der Waals surface area contributed by atoms with Gasteiger partial charge in [-0.1, -0.05) is 24.3 Å². The van der Waals surface area contributed by atoms with Gasteiger partial charge >= 0.3 is 6.61 Å². The Morgan fingerprint density at radius 1 is 1.03 bits per heavy atom. The van der Waals surface area contributed by atoms with E-state index in [2.05, 4.69) is 19.6 Å². The quantitative estimate of drug-likeness (QED) is 0.693. The summed E-state index contributed by atoms with van der Waals surface area (Å²) < 4.78 is 29.7. The maximum Gasteiger partial charge on any atom is 0.387 e. The zero-order valence-electron chi connectivity index (χ0n) is 16.2. The van der Waals surface area contributed by atoms with E-state index in [1.54, 1.807) is 17.0 Å². The molecule has 2 N–H and O–H groups in total. The number of carbonyl (C=O) groups excluding carboxylic acids is 1. The molecule has 0 atom stereocenters. The van der Waals surface area contributed by atoms with E-state index in [0.29, 0.717) is 44.4 Å². The van der Waals surface area contributed by atoms with Crippen LogP contribution in [0.2, 0.25) is 0 Å². The first-order valence-corrected chi connectivity index (χ1v) is 9.58. The number of benzene rings is 2. The first-order chi connectivity index (χ1) is 14.5. The van der Waals surface area contributed by atoms with Crippen LogP contribution in [0.3, 0.4) is 0 Å². The number of hydrogen-bond donors (Lipinski definition) is 1. The number of para-hydroxylation sites is 2. The minimum Gasteiger partial charge on any atom is -0.434 e. The largest absolute Gasteiger partial charge is 0.434 e. The topological polar surface area (TPSA) is 84.6 Å². The molecular weight excluding hydrogens is 392 g/mol. The molecule has 9 heteroatoms. The maximum absolute atomic E-state index is 12.8. The average Bonchev–Trinajstić information content (AvgIpc) is 2.74. The lowest BCUT2D eigenvalue weighted by Crippen LogP contribution is -2.48. The number of fused-ring (bicyclic) bond motifs is 1. The zero-order chi connectivity index (χ0) is 21.1. The Labute approximate surface area is 172 Å². The van der Waals surface area contributed by atoms with Crippen LogP contribution in [0, 0.1) is 0 Å². The number of amides is 1. The molecule has 1 amide bonds. The summed E-state index contributed by atoms with van der Waals surface area (Å²) in [6.45, 7) is -0.317. The predicted molar refractivity (Wildman–Crippen MR) is 108 cm³/mol. The van der Waals surface area contributed by atoms with Gasteiger partial charge in [0.2, 0.25) is 0 Å². The number of aromatic nitrogens is 2. The molecule has 1 aliphatic rings. The zero-order valence-corrected chi connectivity index (χ0v) is 16.2. The number of anilines is 1. The van der Waals surface area contributed by atoms with Crippen LogP contribution in [0.15, 0.2) is 48.5 Å². The SMILES string of the molecule is Nc1nc(CN2CCN(C(=O)c3ccccc3OC(F)F)CC2)nc2ccccc12. The van der Waals surface area contributed by atoms with Gasteiger partial charge in [0.1, 0.15) is 17.4 Å². The Kier molecular flexibility index (Phi) is 5.71. The van der Waals surface area contributed by atoms with E-state index in [-0.39, 0.29) is 17.2 Å². The third-order valence-electron chi connectivity index (χ3n) is 5.04. The maximum atomic E-state index is 12.8. The third kappa shape index (κ3) is 4.30. The normalized spacial score (nSPS) is 15.0. The lowest BCUT2D eigenvalue weighted by atomic mass is 10.1. The van der Waals surface area contributed by atoms with E-state index in [1.807, 2.05) is 24.3 Å². The van der Waals surface area contributed by atoms with Gasteiger partial charge in [0, 0.05) is 31.6 Å². The van der Waals surface area contributed by atoms with Crippen LogP contribution in [0.1, 0.15) is 16.2 Å². The summed E-state index contributed by atoms with van der Waals surface area (Å²) in [7, 11) is 0. The molecule has 30 heavy (non-hydrogen) atoms. The van der Waals surface area contributed by atoms with E-state index < -0.39 is 6.61 Å². The van der Waals surface area contributed by atoms with Gasteiger partial charge < -0.3 is 15.4 Å². The van der Waals surface area contributed by atoms with Crippen LogP contribution in [-0.2, 0) is 6.54 Å². The van der Waals surface area contributed by atoms with E-state index in [4.69, 9.17) is 5.73 Å². The lowest BCUT2D eigenvalue weighted by molar-refractivity contribution is -0.0503. The number of hydrogen-bond acceptors (Lipinski definition) is 6. The van der Waals surface area contributed by atoms with Gasteiger partial charge in [-0.15, -0.1) is 0 Å². The summed E-state index contributed by atoms with van der Waals surface area (Å²) >= 11 is 0. The molecule has 1 aliphatic heterocycles. The second kappa shape index (κ2) is 8.58. The Hall–Kier alpha value is -3.33. The van der Waals surface area contributed by atoms with Crippen molar-refractivity contribution in [1.82, 2.24) is 19.8 Å². The number of nitrogens with zero attached hydrogens (tertiary/aromatic N) is 4. The van der Waals surface area contributed by atoms with Crippen molar-refractivity contribution in [2.45, 2.75) is 13.2 Å². The van der Waals surface area contributed by atoms with Crippen molar-refractivity contribution in [3.8, 4) is 5.75 Å². The number of nitrogens with two attached hydrogens (primary N) is 1. The fourth-order valence-corrected chi connectivity index (χ4v) is 3.54. The predicted octanol–water partition coefficient (Wildman–Crippen LogP) is 2.77. The highest BCUT2D eigenvalue weighted by molar-refractivity contribution is 5.97. The van der Waals surface area contributed by atoms with Gasteiger partial charge in [-0.3, -0.25) is 9.69 Å². The summed E-state index contributed by atoms with van der Waals surface area (Å²) in [6, 6.07) is 13.6. The fraction of sp³-hybridized carbons (Fsp3) is 0.286. The molecule has 0 bridgehead atoms. The van der Waals surface area contributed by atoms with Gasteiger partial charge in [-0.25, -0.2) is 9.97 Å². The molecule has 0 unspecified atom stereocenters. The monoisotopic (exact) mass is 413 g/mol. The van der Waals surface area contributed by atoms with Crippen molar-refractivity contribution >= 4 is 22.6 Å². The van der Waals surface area contributed by atoms with Crippen molar-refractivity contribution in [1.29, 1.82) is 0 Å². The molecular formula is C21H21F2N5O2. The first kappa shape index (κ1) is 20.0. The Morgan fingerprint density at radius 3 is 2.50 bits per heavy atom. The molecule has 1 fully saturated rings. The highest BCUT2D eigenvalue weighted by Crippen LogP contribution is 2.23. The fourth-order valence-electron chi connectivity index (χ4n) is 3.54. The standard InChI is InChI=1S/C21H21F2N5O2/c22-21(23)30-17-8-4-2-6-15(17)20(29)28-11-9-27(10-12-28)13-18-25-16-7-3-1-5-14(16)19(24)26-18/h1-8,21H,9-13H2,(H2,24,25,26). The van der Waals surface area contributed by atoms with Crippen LogP contribution in [-0.4, -0.2) is 58.5 Å². The number of carbonyl (C=O) groups is 1. The van der Waals surface area contributed by atoms with E-state index in [9.17, 15) is 13.6 Å². The molecule has 3 aromatic rings. The smallest absolute Gasteiger partial charge is 0.387 e. The number of piperazine rings is 1. The Bertz CT molecular complexity index is 1050. The van der Waals surface area contributed by atoms with Gasteiger partial charge in [0.05, 0.1) is 17.6 Å². The molecule has 0 aliphatic carbocycles. The molecule has 2 heterocycles. The van der Waals surface area contributed by atoms with E-state index in [1.165, 1.54) is 12.1 Å². The van der Waals surface area contributed by atoms with Crippen LogP contribution >= 0.6 is 0 Å². The van der Waals surface area contributed by atoms with Crippen LogP contribution in [0.5, 0.6) is 5.75 Å². The molecule has 7 nitrogen and oxygen atoms in total. The highest BCUT2D eigenvalue weighted by Gasteiger charge is 2.25. The van der Waals surface area contributed by atoms with Crippen LogP contribution in [0.25, 0.3) is 10.9 Å². The Morgan fingerprint density at radius 2 is 1.73 bits per heavy atom. The summed E-state index contributed by atoms with van der Waals surface area (Å²) in [5.74, 6) is 0.638. The lowest BCUT2D eigenvalue weighted by Gasteiger charge is -2.34. The molecule has 1 aromatic heterocycles. The molecule has 2 aromatic carbocycles. The molecule has 1 saturated heterocycles. The molecule has 0 spiro atoms. The van der Waals surface area contributed by atoms with Gasteiger partial charge in [-0.2, -0.15) is 8.78 Å². The number of halogens is 2. The second-order valence-corrected chi connectivity index (χ2v) is 6.99. The Balaban J connectivity index is 1.40. The van der Waals surface area contributed by atoms with Crippen molar-refractivity contribution in [2.75, 3.05) is 31.9 Å². The summed E-state index contributed by atoms with van der Waals surface area (Å²) in [6.07, 6.45) is 0. The first-order valence-electron chi connectivity index (χ1n) is 9.58. The molecule has 0 radical (unpaired) electrons. The van der Waals surface area contributed by atoms with E-state index in [0.717, 1.165) is 10.9 Å². The van der Waals surface area contributed by atoms with Gasteiger partial charge in [0.15, 0.2) is 0 Å². The number of ether oxygens (including phenoxy) is 1. The number of nitrogen functional groups attached to an aromatic ring is 1. The van der Waals surface area contributed by atoms with Crippen molar-refractivity contribution in [3.63, 3.8) is 0 Å². The minimum atomic E-state index is -2.98. The van der Waals surface area contributed by atoms with Gasteiger partial charge in [0.25, 0.3) is 5.91 Å². The van der Waals surface area contributed by atoms with E-state index >= 15 is 0 Å². The molecule has 0 saturated carbocycles. The average molecular weight is 413 g/mol. The van der Waals surface area contributed by atoms with Crippen molar-refractivity contribution in [2.24, 2.45) is 0 Å². The van der Waals surface area contributed by atoms with Crippen LogP contribution < -0.4 is 10.5 Å². The summed E-state index contributed by atoms with van der Waals surface area (Å²) in [5, 5.41) is 0.821. The van der Waals surface area contributed by atoms with Gasteiger partial charge in [-0.05, 0) is 24.3 Å². The third-order valence-corrected chi connectivity index (χ3v) is 5.04. The minimum absolute atomic E-state index is 0.111. The van der Waals surface area contributed by atoms with Crippen molar-refractivity contribution < 1.29 is 18.3 Å². The van der Waals surface area contributed by atoms with Crippen LogP contribution in [0.4, 0.5) is 14.6 Å². The highest BCUT2D eigenvalue weighted by atomic mass is 19.3. The molecule has 156 valence electrons. The molecule has 4 rings (SSSR count).